The summed E-state index contributed by atoms with van der Waals surface area (Å²) in [5.41, 5.74) is 4.71. The molecule has 4 aromatic rings. The van der Waals surface area contributed by atoms with Crippen LogP contribution in [0.5, 0.6) is 0 Å². The number of rotatable bonds is 5. The standard InChI is InChI=1S/C23H17Cl2FN2O2S/c1-31(29,30)18-9-5-16(6-10-18)23-22(15-3-7-17(26)8-4-15)21(27-28-23)13-14-2-11-19(24)20(25)12-14/h2-12H,13H2,1H3,(H,27,28). The van der Waals surface area contributed by atoms with Gasteiger partial charge in [-0.05, 0) is 47.5 Å². The fraction of sp³-hybridized carbons (Fsp3) is 0.0870. The van der Waals surface area contributed by atoms with E-state index in [9.17, 15) is 12.8 Å². The lowest BCUT2D eigenvalue weighted by molar-refractivity contribution is 0.602. The first kappa shape index (κ1) is 21.6. The van der Waals surface area contributed by atoms with Crippen LogP contribution in [0.25, 0.3) is 22.4 Å². The molecule has 1 aromatic heterocycles. The van der Waals surface area contributed by atoms with Crippen molar-refractivity contribution >= 4 is 33.0 Å². The summed E-state index contributed by atoms with van der Waals surface area (Å²) in [7, 11) is -3.31. The molecule has 3 aromatic carbocycles. The average Bonchev–Trinajstić information content (AvgIpc) is 3.14. The number of hydrogen-bond acceptors (Lipinski definition) is 3. The van der Waals surface area contributed by atoms with Crippen LogP contribution in [0.1, 0.15) is 11.3 Å². The molecule has 0 aliphatic rings. The summed E-state index contributed by atoms with van der Waals surface area (Å²) < 4.78 is 37.1. The van der Waals surface area contributed by atoms with E-state index in [0.717, 1.165) is 34.2 Å². The minimum absolute atomic E-state index is 0.228. The van der Waals surface area contributed by atoms with E-state index in [-0.39, 0.29) is 10.7 Å². The number of nitrogens with one attached hydrogen (secondary N) is 1. The van der Waals surface area contributed by atoms with Crippen LogP contribution >= 0.6 is 23.2 Å². The molecular formula is C23H17Cl2FN2O2S. The molecule has 1 heterocycles. The molecule has 0 amide bonds. The van der Waals surface area contributed by atoms with Crippen molar-refractivity contribution in [2.24, 2.45) is 0 Å². The van der Waals surface area contributed by atoms with E-state index in [1.165, 1.54) is 12.1 Å². The first-order valence-corrected chi connectivity index (χ1v) is 11.9. The van der Waals surface area contributed by atoms with Crippen molar-refractivity contribution in [1.29, 1.82) is 0 Å². The Bertz CT molecular complexity index is 1350. The molecule has 0 aliphatic heterocycles. The van der Waals surface area contributed by atoms with Crippen molar-refractivity contribution in [3.8, 4) is 22.4 Å². The van der Waals surface area contributed by atoms with Crippen molar-refractivity contribution in [3.63, 3.8) is 0 Å². The SMILES string of the molecule is CS(=O)(=O)c1ccc(-c2n[nH]c(Cc3ccc(Cl)c(Cl)c3)c2-c2ccc(F)cc2)cc1. The molecule has 0 atom stereocenters. The molecule has 0 saturated carbocycles. The van der Waals surface area contributed by atoms with Gasteiger partial charge in [0.25, 0.3) is 0 Å². The summed E-state index contributed by atoms with van der Waals surface area (Å²) in [6.07, 6.45) is 1.66. The predicted octanol–water partition coefficient (Wildman–Crippen LogP) is 6.18. The molecular weight excluding hydrogens is 458 g/mol. The Balaban J connectivity index is 1.82. The van der Waals surface area contributed by atoms with Crippen LogP contribution in [0, 0.1) is 5.82 Å². The van der Waals surface area contributed by atoms with Crippen LogP contribution < -0.4 is 0 Å². The maximum Gasteiger partial charge on any atom is 0.175 e. The van der Waals surface area contributed by atoms with Crippen molar-refractivity contribution in [2.45, 2.75) is 11.3 Å². The lowest BCUT2D eigenvalue weighted by atomic mass is 9.96. The monoisotopic (exact) mass is 474 g/mol. The van der Waals surface area contributed by atoms with E-state index in [1.807, 2.05) is 6.07 Å². The highest BCUT2D eigenvalue weighted by molar-refractivity contribution is 7.90. The van der Waals surface area contributed by atoms with Gasteiger partial charge in [0, 0.05) is 29.5 Å². The zero-order valence-electron chi connectivity index (χ0n) is 16.4. The number of H-pyrrole nitrogens is 1. The van der Waals surface area contributed by atoms with Gasteiger partial charge in [0.1, 0.15) is 11.5 Å². The third kappa shape index (κ3) is 4.66. The van der Waals surface area contributed by atoms with Crippen molar-refractivity contribution in [2.75, 3.05) is 6.26 Å². The van der Waals surface area contributed by atoms with E-state index in [2.05, 4.69) is 10.2 Å². The molecule has 4 nitrogen and oxygen atoms in total. The molecule has 0 unspecified atom stereocenters. The highest BCUT2D eigenvalue weighted by atomic mass is 35.5. The number of aromatic amines is 1. The van der Waals surface area contributed by atoms with Gasteiger partial charge in [0.15, 0.2) is 9.84 Å². The lowest BCUT2D eigenvalue weighted by Crippen LogP contribution is -1.96. The van der Waals surface area contributed by atoms with E-state index in [1.54, 1.807) is 48.5 Å². The summed E-state index contributed by atoms with van der Waals surface area (Å²) >= 11 is 12.2. The summed E-state index contributed by atoms with van der Waals surface area (Å²) in [6, 6.07) is 18.1. The van der Waals surface area contributed by atoms with E-state index in [0.29, 0.717) is 22.2 Å². The van der Waals surface area contributed by atoms with Gasteiger partial charge in [-0.2, -0.15) is 5.10 Å². The topological polar surface area (TPSA) is 62.8 Å². The fourth-order valence-electron chi connectivity index (χ4n) is 3.36. The molecule has 8 heteroatoms. The Morgan fingerprint density at radius 2 is 1.55 bits per heavy atom. The number of sulfone groups is 1. The predicted molar refractivity (Wildman–Crippen MR) is 122 cm³/mol. The van der Waals surface area contributed by atoms with Crippen LogP contribution in [-0.2, 0) is 16.3 Å². The molecule has 31 heavy (non-hydrogen) atoms. The van der Waals surface area contributed by atoms with Crippen molar-refractivity contribution in [1.82, 2.24) is 10.2 Å². The smallest absolute Gasteiger partial charge is 0.175 e. The number of nitrogens with zero attached hydrogens (tertiary/aromatic N) is 1. The number of benzene rings is 3. The summed E-state index contributed by atoms with van der Waals surface area (Å²) in [4.78, 5) is 0.228. The maximum absolute atomic E-state index is 13.5. The number of halogens is 3. The Kier molecular flexibility index (Phi) is 5.88. The molecule has 0 saturated heterocycles. The quantitative estimate of drug-likeness (QED) is 0.375. The fourth-order valence-corrected chi connectivity index (χ4v) is 4.31. The number of aromatic nitrogens is 2. The molecule has 0 aliphatic carbocycles. The van der Waals surface area contributed by atoms with Gasteiger partial charge in [0.05, 0.1) is 14.9 Å². The van der Waals surface area contributed by atoms with Crippen LogP contribution in [0.4, 0.5) is 4.39 Å². The van der Waals surface area contributed by atoms with Gasteiger partial charge in [0.2, 0.25) is 0 Å². The molecule has 1 N–H and O–H groups in total. The van der Waals surface area contributed by atoms with Crippen LogP contribution in [0.15, 0.2) is 71.6 Å². The first-order valence-electron chi connectivity index (χ1n) is 9.30. The van der Waals surface area contributed by atoms with Gasteiger partial charge in [-0.3, -0.25) is 5.10 Å². The third-order valence-corrected chi connectivity index (χ3v) is 6.76. The Morgan fingerprint density at radius 3 is 2.16 bits per heavy atom. The van der Waals surface area contributed by atoms with Gasteiger partial charge >= 0.3 is 0 Å². The highest BCUT2D eigenvalue weighted by Crippen LogP contribution is 2.35. The van der Waals surface area contributed by atoms with Gasteiger partial charge < -0.3 is 0 Å². The second-order valence-electron chi connectivity index (χ2n) is 7.15. The van der Waals surface area contributed by atoms with Crippen LogP contribution in [-0.4, -0.2) is 24.9 Å². The normalized spacial score (nSPS) is 11.6. The van der Waals surface area contributed by atoms with Crippen molar-refractivity contribution < 1.29 is 12.8 Å². The zero-order chi connectivity index (χ0) is 22.2. The first-order chi connectivity index (χ1) is 14.7. The van der Waals surface area contributed by atoms with Gasteiger partial charge in [-0.1, -0.05) is 53.5 Å². The van der Waals surface area contributed by atoms with E-state index < -0.39 is 9.84 Å². The van der Waals surface area contributed by atoms with Crippen LogP contribution in [0.3, 0.4) is 0 Å². The van der Waals surface area contributed by atoms with Crippen molar-refractivity contribution in [3.05, 3.63) is 93.8 Å². The molecule has 0 fully saturated rings. The largest absolute Gasteiger partial charge is 0.281 e. The zero-order valence-corrected chi connectivity index (χ0v) is 18.7. The van der Waals surface area contributed by atoms with Gasteiger partial charge in [-0.15, -0.1) is 0 Å². The van der Waals surface area contributed by atoms with E-state index in [4.69, 9.17) is 23.2 Å². The Hall–Kier alpha value is -2.67. The second-order valence-corrected chi connectivity index (χ2v) is 9.98. The summed E-state index contributed by atoms with van der Waals surface area (Å²) in [6.45, 7) is 0. The highest BCUT2D eigenvalue weighted by Gasteiger charge is 2.18. The minimum atomic E-state index is -3.31. The summed E-state index contributed by atoms with van der Waals surface area (Å²) in [5.74, 6) is -0.336. The van der Waals surface area contributed by atoms with Crippen LogP contribution in [0.2, 0.25) is 10.0 Å². The lowest BCUT2D eigenvalue weighted by Gasteiger charge is -2.08. The second kappa shape index (κ2) is 8.46. The summed E-state index contributed by atoms with van der Waals surface area (Å²) in [5, 5.41) is 8.49. The molecule has 158 valence electrons. The maximum atomic E-state index is 13.5. The Morgan fingerprint density at radius 1 is 0.903 bits per heavy atom. The van der Waals surface area contributed by atoms with Gasteiger partial charge in [-0.25, -0.2) is 12.8 Å². The van der Waals surface area contributed by atoms with E-state index >= 15 is 0 Å². The third-order valence-electron chi connectivity index (χ3n) is 4.89. The molecule has 0 radical (unpaired) electrons. The molecule has 4 rings (SSSR count). The Labute approximate surface area is 189 Å². The molecule has 0 bridgehead atoms. The average molecular weight is 475 g/mol. The molecule has 0 spiro atoms. The number of hydrogen-bond donors (Lipinski definition) is 1. The minimum Gasteiger partial charge on any atom is -0.281 e.